The summed E-state index contributed by atoms with van der Waals surface area (Å²) in [5.74, 6) is 0.372. The van der Waals surface area contributed by atoms with E-state index in [9.17, 15) is 9.59 Å². The number of amides is 2. The van der Waals surface area contributed by atoms with E-state index in [2.05, 4.69) is 5.32 Å². The van der Waals surface area contributed by atoms with E-state index in [0.717, 1.165) is 44.3 Å². The number of carbonyl (C=O) groups excluding carboxylic acids is 2. The van der Waals surface area contributed by atoms with Crippen molar-refractivity contribution in [2.24, 2.45) is 5.41 Å². The van der Waals surface area contributed by atoms with Crippen LogP contribution in [0.1, 0.15) is 31.2 Å². The third kappa shape index (κ3) is 2.94. The fraction of sp³-hybridized carbons (Fsp3) is 0.529. The lowest BCUT2D eigenvalue weighted by Crippen LogP contribution is -2.35. The Balaban J connectivity index is 1.62. The van der Waals surface area contributed by atoms with Crippen LogP contribution in [0.15, 0.2) is 30.3 Å². The van der Waals surface area contributed by atoms with Gasteiger partial charge in [0.25, 0.3) is 0 Å². The number of rotatable bonds is 2. The zero-order valence-corrected chi connectivity index (χ0v) is 12.3. The third-order valence-electron chi connectivity index (χ3n) is 4.87. The topological polar surface area (TPSA) is 49.4 Å². The summed E-state index contributed by atoms with van der Waals surface area (Å²) in [6, 6.07) is 9.86. The van der Waals surface area contributed by atoms with Crippen molar-refractivity contribution in [1.82, 2.24) is 10.2 Å². The second-order valence-electron chi connectivity index (χ2n) is 6.18. The first kappa shape index (κ1) is 14.1. The van der Waals surface area contributed by atoms with Gasteiger partial charge in [-0.05, 0) is 31.2 Å². The van der Waals surface area contributed by atoms with Crippen LogP contribution in [-0.4, -0.2) is 36.3 Å². The van der Waals surface area contributed by atoms with Crippen molar-refractivity contribution in [1.29, 1.82) is 0 Å². The summed E-state index contributed by atoms with van der Waals surface area (Å²) in [7, 11) is 0. The average molecular weight is 286 g/mol. The SMILES string of the molecule is O=C(Cc1ccccc1)N1CCC[C@]2(CCNC2=O)CC1. The van der Waals surface area contributed by atoms with E-state index in [1.807, 2.05) is 35.2 Å². The molecule has 1 N–H and O–H groups in total. The van der Waals surface area contributed by atoms with Gasteiger partial charge < -0.3 is 10.2 Å². The summed E-state index contributed by atoms with van der Waals surface area (Å²) in [6.07, 6.45) is 4.02. The van der Waals surface area contributed by atoms with Crippen LogP contribution in [0, 0.1) is 5.41 Å². The predicted molar refractivity (Wildman–Crippen MR) is 80.6 cm³/mol. The minimum Gasteiger partial charge on any atom is -0.356 e. The van der Waals surface area contributed by atoms with E-state index in [4.69, 9.17) is 0 Å². The maximum atomic E-state index is 12.4. The predicted octanol–water partition coefficient (Wildman–Crippen LogP) is 1.75. The average Bonchev–Trinajstić information content (AvgIpc) is 2.72. The minimum absolute atomic E-state index is 0.177. The molecule has 3 rings (SSSR count). The Labute approximate surface area is 125 Å². The van der Waals surface area contributed by atoms with Crippen molar-refractivity contribution < 1.29 is 9.59 Å². The normalized spacial score (nSPS) is 25.7. The lowest BCUT2D eigenvalue weighted by Gasteiger charge is -2.24. The fourth-order valence-electron chi connectivity index (χ4n) is 3.52. The first-order valence-corrected chi connectivity index (χ1v) is 7.80. The highest BCUT2D eigenvalue weighted by Crippen LogP contribution is 2.38. The summed E-state index contributed by atoms with van der Waals surface area (Å²) in [5.41, 5.74) is 0.849. The molecule has 21 heavy (non-hydrogen) atoms. The number of likely N-dealkylation sites (tertiary alicyclic amines) is 1. The molecular weight excluding hydrogens is 264 g/mol. The molecule has 2 heterocycles. The molecular formula is C17H22N2O2. The minimum atomic E-state index is -0.207. The molecule has 112 valence electrons. The molecule has 4 nitrogen and oxygen atoms in total. The highest BCUT2D eigenvalue weighted by atomic mass is 16.2. The first-order chi connectivity index (χ1) is 10.2. The smallest absolute Gasteiger partial charge is 0.226 e. The lowest BCUT2D eigenvalue weighted by molar-refractivity contribution is -0.132. The molecule has 0 unspecified atom stereocenters. The summed E-state index contributed by atoms with van der Waals surface area (Å²) in [5, 5.41) is 2.95. The van der Waals surface area contributed by atoms with Gasteiger partial charge in [0.2, 0.25) is 11.8 Å². The summed E-state index contributed by atoms with van der Waals surface area (Å²) in [6.45, 7) is 2.27. The maximum absolute atomic E-state index is 12.4. The van der Waals surface area contributed by atoms with Crippen molar-refractivity contribution in [2.45, 2.75) is 32.1 Å². The van der Waals surface area contributed by atoms with Crippen LogP contribution in [0.25, 0.3) is 0 Å². The van der Waals surface area contributed by atoms with E-state index < -0.39 is 0 Å². The molecule has 2 fully saturated rings. The number of hydrogen-bond acceptors (Lipinski definition) is 2. The largest absolute Gasteiger partial charge is 0.356 e. The van der Waals surface area contributed by atoms with Gasteiger partial charge in [-0.1, -0.05) is 30.3 Å². The van der Waals surface area contributed by atoms with Crippen LogP contribution in [0.5, 0.6) is 0 Å². The zero-order chi connectivity index (χ0) is 14.7. The van der Waals surface area contributed by atoms with Crippen molar-refractivity contribution >= 4 is 11.8 Å². The molecule has 1 spiro atoms. The van der Waals surface area contributed by atoms with Crippen molar-refractivity contribution in [3.05, 3.63) is 35.9 Å². The summed E-state index contributed by atoms with van der Waals surface area (Å²) < 4.78 is 0. The first-order valence-electron chi connectivity index (χ1n) is 7.80. The van der Waals surface area contributed by atoms with Gasteiger partial charge in [0, 0.05) is 19.6 Å². The van der Waals surface area contributed by atoms with Crippen LogP contribution in [0.2, 0.25) is 0 Å². The fourth-order valence-corrected chi connectivity index (χ4v) is 3.52. The standard InChI is InChI=1S/C17H22N2O2/c20-15(13-14-5-2-1-3-6-14)19-11-4-7-17(9-12-19)8-10-18-16(17)21/h1-3,5-6H,4,7-13H2,(H,18,21)/t17-/m0/s1. The Morgan fingerprint density at radius 1 is 1.14 bits per heavy atom. The van der Waals surface area contributed by atoms with E-state index in [1.54, 1.807) is 0 Å². The molecule has 1 aromatic rings. The molecule has 1 aromatic carbocycles. The molecule has 2 aliphatic rings. The van der Waals surface area contributed by atoms with Crippen molar-refractivity contribution in [3.8, 4) is 0 Å². The zero-order valence-electron chi connectivity index (χ0n) is 12.3. The van der Waals surface area contributed by atoms with Crippen molar-refractivity contribution in [3.63, 3.8) is 0 Å². The van der Waals surface area contributed by atoms with Gasteiger partial charge in [0.15, 0.2) is 0 Å². The Kier molecular flexibility index (Phi) is 3.95. The Hall–Kier alpha value is -1.84. The van der Waals surface area contributed by atoms with Crippen molar-refractivity contribution in [2.75, 3.05) is 19.6 Å². The van der Waals surface area contributed by atoms with Gasteiger partial charge in [-0.2, -0.15) is 0 Å². The second kappa shape index (κ2) is 5.88. The van der Waals surface area contributed by atoms with Gasteiger partial charge >= 0.3 is 0 Å². The van der Waals surface area contributed by atoms with Crippen LogP contribution in [0.4, 0.5) is 0 Å². The molecule has 4 heteroatoms. The van der Waals surface area contributed by atoms with Gasteiger partial charge in [-0.25, -0.2) is 0 Å². The van der Waals surface area contributed by atoms with E-state index in [-0.39, 0.29) is 17.2 Å². The van der Waals surface area contributed by atoms with Gasteiger partial charge in [-0.3, -0.25) is 9.59 Å². The van der Waals surface area contributed by atoms with Crippen LogP contribution >= 0.6 is 0 Å². The van der Waals surface area contributed by atoms with Crippen LogP contribution in [-0.2, 0) is 16.0 Å². The number of benzene rings is 1. The second-order valence-corrected chi connectivity index (χ2v) is 6.18. The van der Waals surface area contributed by atoms with E-state index >= 15 is 0 Å². The molecule has 2 saturated heterocycles. The number of nitrogens with zero attached hydrogens (tertiary/aromatic N) is 1. The Morgan fingerprint density at radius 2 is 1.95 bits per heavy atom. The molecule has 2 amide bonds. The third-order valence-corrected chi connectivity index (χ3v) is 4.87. The lowest BCUT2D eigenvalue weighted by atomic mass is 9.79. The van der Waals surface area contributed by atoms with Crippen LogP contribution in [0.3, 0.4) is 0 Å². The molecule has 0 aliphatic carbocycles. The monoisotopic (exact) mass is 286 g/mol. The molecule has 0 aromatic heterocycles. The molecule has 0 radical (unpaired) electrons. The molecule has 2 aliphatic heterocycles. The number of nitrogens with one attached hydrogen (secondary N) is 1. The summed E-state index contributed by atoms with van der Waals surface area (Å²) >= 11 is 0. The highest BCUT2D eigenvalue weighted by Gasteiger charge is 2.43. The maximum Gasteiger partial charge on any atom is 0.226 e. The van der Waals surface area contributed by atoms with E-state index in [0.29, 0.717) is 13.0 Å². The number of hydrogen-bond donors (Lipinski definition) is 1. The Morgan fingerprint density at radius 3 is 2.67 bits per heavy atom. The molecule has 1 atom stereocenters. The summed E-state index contributed by atoms with van der Waals surface area (Å²) in [4.78, 5) is 26.4. The van der Waals surface area contributed by atoms with Gasteiger partial charge in [-0.15, -0.1) is 0 Å². The highest BCUT2D eigenvalue weighted by molar-refractivity contribution is 5.85. The van der Waals surface area contributed by atoms with Crippen LogP contribution < -0.4 is 5.32 Å². The molecule has 0 saturated carbocycles. The van der Waals surface area contributed by atoms with E-state index in [1.165, 1.54) is 0 Å². The quantitative estimate of drug-likeness (QED) is 0.900. The molecule has 0 bridgehead atoms. The Bertz CT molecular complexity index is 529. The number of carbonyl (C=O) groups is 2. The van der Waals surface area contributed by atoms with Gasteiger partial charge in [0.05, 0.1) is 11.8 Å². The van der Waals surface area contributed by atoms with Gasteiger partial charge in [0.1, 0.15) is 0 Å².